The summed E-state index contributed by atoms with van der Waals surface area (Å²) in [6.07, 6.45) is 1.24. The van der Waals surface area contributed by atoms with Gasteiger partial charge in [0.15, 0.2) is 0 Å². The zero-order chi connectivity index (χ0) is 14.3. The molecule has 3 nitrogen and oxygen atoms in total. The fraction of sp³-hybridized carbons (Fsp3) is 0.600. The molecule has 1 aromatic rings. The van der Waals surface area contributed by atoms with Gasteiger partial charge in [0.2, 0.25) is 0 Å². The molecule has 0 heterocycles. The van der Waals surface area contributed by atoms with Crippen LogP contribution in [0.2, 0.25) is 0 Å². The monoisotopic (exact) mass is 329 g/mol. The van der Waals surface area contributed by atoms with Crippen molar-refractivity contribution in [1.82, 2.24) is 5.32 Å². The van der Waals surface area contributed by atoms with Crippen LogP contribution in [0.25, 0.3) is 0 Å². The second-order valence-electron chi connectivity index (χ2n) is 4.72. The number of nitrogens with one attached hydrogen (secondary N) is 1. The van der Waals surface area contributed by atoms with Crippen LogP contribution in [0.15, 0.2) is 16.6 Å². The Bertz CT molecular complexity index is 396. The van der Waals surface area contributed by atoms with E-state index in [1.165, 1.54) is 11.1 Å². The lowest BCUT2D eigenvalue weighted by atomic mass is 10.1. The highest BCUT2D eigenvalue weighted by Crippen LogP contribution is 2.29. The fourth-order valence-electron chi connectivity index (χ4n) is 1.78. The summed E-state index contributed by atoms with van der Waals surface area (Å²) in [6, 6.07) is 4.21. The van der Waals surface area contributed by atoms with Crippen molar-refractivity contribution in [1.29, 1.82) is 0 Å². The summed E-state index contributed by atoms with van der Waals surface area (Å²) in [6.45, 7) is 8.66. The molecule has 0 spiro atoms. The third kappa shape index (κ3) is 5.51. The predicted octanol–water partition coefficient (Wildman–Crippen LogP) is 3.67. The maximum absolute atomic E-state index is 6.05. The van der Waals surface area contributed by atoms with Gasteiger partial charge in [-0.2, -0.15) is 0 Å². The molecule has 0 radical (unpaired) electrons. The highest BCUT2D eigenvalue weighted by Gasteiger charge is 2.11. The molecule has 0 bridgehead atoms. The van der Waals surface area contributed by atoms with E-state index in [0.29, 0.717) is 6.61 Å². The second-order valence-corrected chi connectivity index (χ2v) is 5.63. The second kappa shape index (κ2) is 8.56. The maximum atomic E-state index is 6.05. The van der Waals surface area contributed by atoms with Crippen LogP contribution in [0.1, 0.15) is 31.4 Å². The molecule has 1 N–H and O–H groups in total. The van der Waals surface area contributed by atoms with Crippen LogP contribution in [0.3, 0.4) is 0 Å². The molecule has 1 rings (SSSR count). The molecule has 19 heavy (non-hydrogen) atoms. The molecule has 0 aliphatic rings. The molecule has 1 unspecified atom stereocenters. The number of rotatable bonds is 8. The lowest BCUT2D eigenvalue weighted by molar-refractivity contribution is 0.197. The first-order valence-electron chi connectivity index (χ1n) is 6.73. The van der Waals surface area contributed by atoms with Gasteiger partial charge in [-0.3, -0.25) is 0 Å². The Kier molecular flexibility index (Phi) is 7.42. The van der Waals surface area contributed by atoms with Crippen molar-refractivity contribution in [3.63, 3.8) is 0 Å². The van der Waals surface area contributed by atoms with E-state index in [2.05, 4.69) is 54.2 Å². The van der Waals surface area contributed by atoms with Crippen LogP contribution < -0.4 is 10.1 Å². The quantitative estimate of drug-likeness (QED) is 0.738. The van der Waals surface area contributed by atoms with E-state index in [0.717, 1.165) is 29.7 Å². The largest absolute Gasteiger partial charge is 0.490 e. The molecule has 4 heteroatoms. The zero-order valence-corrected chi connectivity index (χ0v) is 13.8. The molecule has 0 aliphatic carbocycles. The third-order valence-electron chi connectivity index (χ3n) is 3.01. The molecule has 0 aliphatic heterocycles. The highest BCUT2D eigenvalue weighted by molar-refractivity contribution is 9.10. The summed E-state index contributed by atoms with van der Waals surface area (Å²) in [5.41, 5.74) is 2.35. The number of halogens is 1. The van der Waals surface area contributed by atoms with Crippen molar-refractivity contribution in [2.45, 2.75) is 39.8 Å². The van der Waals surface area contributed by atoms with Gasteiger partial charge in [-0.05, 0) is 38.0 Å². The van der Waals surface area contributed by atoms with Crippen LogP contribution in [0.5, 0.6) is 5.75 Å². The molecular weight excluding hydrogens is 306 g/mol. The Hall–Kier alpha value is -0.580. The van der Waals surface area contributed by atoms with Crippen molar-refractivity contribution in [3.8, 4) is 5.75 Å². The lowest BCUT2D eigenvalue weighted by Gasteiger charge is -2.19. The summed E-state index contributed by atoms with van der Waals surface area (Å²) in [4.78, 5) is 0. The average molecular weight is 330 g/mol. The van der Waals surface area contributed by atoms with Gasteiger partial charge >= 0.3 is 0 Å². The van der Waals surface area contributed by atoms with Crippen molar-refractivity contribution >= 4 is 15.9 Å². The SMILES string of the molecule is CCC(C)Oc1c(C)cc(Br)cc1CNCCOC. The molecule has 108 valence electrons. The van der Waals surface area contributed by atoms with E-state index in [-0.39, 0.29) is 6.10 Å². The third-order valence-corrected chi connectivity index (χ3v) is 3.47. The standard InChI is InChI=1S/C15H24BrNO2/c1-5-12(3)19-15-11(2)8-14(16)9-13(15)10-17-6-7-18-4/h8-9,12,17H,5-7,10H2,1-4H3. The Morgan fingerprint density at radius 2 is 2.11 bits per heavy atom. The van der Waals surface area contributed by atoms with Gasteiger partial charge in [0.05, 0.1) is 12.7 Å². The van der Waals surface area contributed by atoms with Gasteiger partial charge < -0.3 is 14.8 Å². The summed E-state index contributed by atoms with van der Waals surface area (Å²) in [5.74, 6) is 1.00. The first kappa shape index (κ1) is 16.5. The van der Waals surface area contributed by atoms with Gasteiger partial charge in [0.1, 0.15) is 5.75 Å². The first-order valence-corrected chi connectivity index (χ1v) is 7.53. The van der Waals surface area contributed by atoms with E-state index < -0.39 is 0 Å². The van der Waals surface area contributed by atoms with Crippen LogP contribution in [0, 0.1) is 6.92 Å². The molecule has 0 saturated carbocycles. The molecule has 0 amide bonds. The van der Waals surface area contributed by atoms with Crippen molar-refractivity contribution in [2.24, 2.45) is 0 Å². The molecule has 0 fully saturated rings. The van der Waals surface area contributed by atoms with E-state index >= 15 is 0 Å². The Balaban J connectivity index is 2.80. The summed E-state index contributed by atoms with van der Waals surface area (Å²) in [7, 11) is 1.71. The molecule has 1 atom stereocenters. The lowest BCUT2D eigenvalue weighted by Crippen LogP contribution is -2.20. The fourth-order valence-corrected chi connectivity index (χ4v) is 2.40. The van der Waals surface area contributed by atoms with Gasteiger partial charge in [0, 0.05) is 30.2 Å². The van der Waals surface area contributed by atoms with E-state index in [9.17, 15) is 0 Å². The van der Waals surface area contributed by atoms with Gasteiger partial charge in [0.25, 0.3) is 0 Å². The van der Waals surface area contributed by atoms with E-state index in [4.69, 9.17) is 9.47 Å². The number of benzene rings is 1. The Labute approximate surface area is 124 Å². The molecule has 1 aromatic carbocycles. The smallest absolute Gasteiger partial charge is 0.127 e. The average Bonchev–Trinajstić information content (AvgIpc) is 2.38. The summed E-state index contributed by atoms with van der Waals surface area (Å²) in [5, 5.41) is 3.36. The van der Waals surface area contributed by atoms with Gasteiger partial charge in [-0.25, -0.2) is 0 Å². The maximum Gasteiger partial charge on any atom is 0.127 e. The van der Waals surface area contributed by atoms with E-state index in [1.807, 2.05) is 0 Å². The van der Waals surface area contributed by atoms with Gasteiger partial charge in [-0.15, -0.1) is 0 Å². The number of aryl methyl sites for hydroxylation is 1. The van der Waals surface area contributed by atoms with E-state index in [1.54, 1.807) is 7.11 Å². The number of ether oxygens (including phenoxy) is 2. The summed E-state index contributed by atoms with van der Waals surface area (Å²) >= 11 is 3.55. The molecule has 0 saturated heterocycles. The summed E-state index contributed by atoms with van der Waals surface area (Å²) < 4.78 is 12.2. The minimum Gasteiger partial charge on any atom is -0.490 e. The number of methoxy groups -OCH3 is 1. The zero-order valence-electron chi connectivity index (χ0n) is 12.3. The topological polar surface area (TPSA) is 30.5 Å². The van der Waals surface area contributed by atoms with Crippen molar-refractivity contribution in [3.05, 3.63) is 27.7 Å². The van der Waals surface area contributed by atoms with Crippen molar-refractivity contribution in [2.75, 3.05) is 20.3 Å². The molecular formula is C15H24BrNO2. The van der Waals surface area contributed by atoms with Gasteiger partial charge in [-0.1, -0.05) is 22.9 Å². The minimum atomic E-state index is 0.234. The number of hydrogen-bond donors (Lipinski definition) is 1. The molecule has 0 aromatic heterocycles. The van der Waals surface area contributed by atoms with Crippen LogP contribution in [-0.4, -0.2) is 26.4 Å². The minimum absolute atomic E-state index is 0.234. The normalized spacial score (nSPS) is 12.5. The highest BCUT2D eigenvalue weighted by atomic mass is 79.9. The van der Waals surface area contributed by atoms with Crippen LogP contribution in [0.4, 0.5) is 0 Å². The van der Waals surface area contributed by atoms with Crippen LogP contribution in [-0.2, 0) is 11.3 Å². The van der Waals surface area contributed by atoms with Crippen molar-refractivity contribution < 1.29 is 9.47 Å². The Morgan fingerprint density at radius 1 is 1.37 bits per heavy atom. The van der Waals surface area contributed by atoms with Crippen LogP contribution >= 0.6 is 15.9 Å². The Morgan fingerprint density at radius 3 is 2.74 bits per heavy atom. The predicted molar refractivity (Wildman–Crippen MR) is 82.8 cm³/mol. The first-order chi connectivity index (χ1) is 9.08. The number of hydrogen-bond acceptors (Lipinski definition) is 3.